The zero-order chi connectivity index (χ0) is 13.0. The van der Waals surface area contributed by atoms with Crippen molar-refractivity contribution >= 4 is 46.4 Å². The molecule has 1 atom stereocenters. The van der Waals surface area contributed by atoms with Crippen LogP contribution in [0.15, 0.2) is 29.2 Å². The van der Waals surface area contributed by atoms with Crippen LogP contribution in [-0.2, 0) is 9.59 Å². The second-order valence-electron chi connectivity index (χ2n) is 3.46. The van der Waals surface area contributed by atoms with E-state index in [1.54, 1.807) is 18.2 Å². The summed E-state index contributed by atoms with van der Waals surface area (Å²) in [5.74, 6) is -1.08. The number of hydrogen-bond donors (Lipinski definition) is 2. The molecule has 90 valence electrons. The van der Waals surface area contributed by atoms with Crippen LogP contribution in [0.5, 0.6) is 0 Å². The molecule has 0 spiro atoms. The molecule has 0 fully saturated rings. The summed E-state index contributed by atoms with van der Waals surface area (Å²) in [7, 11) is 0. The Labute approximate surface area is 113 Å². The van der Waals surface area contributed by atoms with Crippen LogP contribution in [0.1, 0.15) is 22.9 Å². The Bertz CT molecular complexity index is 483. The van der Waals surface area contributed by atoms with Gasteiger partial charge in [-0.1, -0.05) is 22.0 Å². The zero-order valence-corrected chi connectivity index (χ0v) is 11.5. The van der Waals surface area contributed by atoms with Crippen molar-refractivity contribution in [3.63, 3.8) is 0 Å². The second kappa shape index (κ2) is 6.02. The summed E-state index contributed by atoms with van der Waals surface area (Å²) in [6, 6.07) is 5.22. The molecule has 0 aliphatic heterocycles. The Hall–Kier alpha value is -1.07. The molecule has 0 aliphatic rings. The van der Waals surface area contributed by atoms with Crippen molar-refractivity contribution in [1.82, 2.24) is 0 Å². The maximum atomic E-state index is 11.3. The van der Waals surface area contributed by atoms with Crippen LogP contribution in [0.3, 0.4) is 0 Å². The number of aliphatic carboxylic acids is 1. The van der Waals surface area contributed by atoms with E-state index in [-0.39, 0.29) is 5.78 Å². The number of carbonyl (C=O) groups is 2. The van der Waals surface area contributed by atoms with Crippen LogP contribution in [0.25, 0.3) is 6.08 Å². The summed E-state index contributed by atoms with van der Waals surface area (Å²) >= 11 is 7.48. The van der Waals surface area contributed by atoms with Crippen LogP contribution < -0.4 is 0 Å². The van der Waals surface area contributed by atoms with E-state index in [4.69, 9.17) is 5.11 Å². The Balaban J connectivity index is 3.21. The van der Waals surface area contributed by atoms with Gasteiger partial charge < -0.3 is 5.11 Å². The van der Waals surface area contributed by atoms with Crippen LogP contribution in [-0.4, -0.2) is 16.9 Å². The highest BCUT2D eigenvalue weighted by atomic mass is 79.9. The molecule has 3 nitrogen and oxygen atoms in total. The number of hydrogen-bond acceptors (Lipinski definition) is 3. The summed E-state index contributed by atoms with van der Waals surface area (Å²) in [4.78, 5) is 22.1. The van der Waals surface area contributed by atoms with E-state index in [9.17, 15) is 9.59 Å². The van der Waals surface area contributed by atoms with Crippen LogP contribution in [0.4, 0.5) is 0 Å². The fraction of sp³-hybridized carbons (Fsp3) is 0.167. The van der Waals surface area contributed by atoms with Crippen molar-refractivity contribution in [3.05, 3.63) is 35.4 Å². The SMILES string of the molecule is CC(=O)C(Br)c1cc(S)ccc1C=CC(=O)O. The molecule has 1 rings (SSSR count). The van der Waals surface area contributed by atoms with Crippen molar-refractivity contribution < 1.29 is 14.7 Å². The van der Waals surface area contributed by atoms with E-state index in [0.29, 0.717) is 11.1 Å². The fourth-order valence-electron chi connectivity index (χ4n) is 1.31. The summed E-state index contributed by atoms with van der Waals surface area (Å²) in [5.41, 5.74) is 1.39. The third kappa shape index (κ3) is 4.02. The highest BCUT2D eigenvalue weighted by molar-refractivity contribution is 9.09. The first-order chi connectivity index (χ1) is 7.91. The normalized spacial score (nSPS) is 12.6. The molecule has 0 amide bonds. The molecule has 0 aliphatic carbocycles. The second-order valence-corrected chi connectivity index (χ2v) is 4.89. The first-order valence-electron chi connectivity index (χ1n) is 4.80. The van der Waals surface area contributed by atoms with E-state index in [1.807, 2.05) is 0 Å². The number of ketones is 1. The molecule has 1 aromatic rings. The van der Waals surface area contributed by atoms with E-state index in [2.05, 4.69) is 28.6 Å². The molecule has 17 heavy (non-hydrogen) atoms. The topological polar surface area (TPSA) is 54.4 Å². The van der Waals surface area contributed by atoms with Crippen LogP contribution in [0.2, 0.25) is 0 Å². The van der Waals surface area contributed by atoms with Crippen molar-refractivity contribution in [1.29, 1.82) is 0 Å². The molecule has 0 heterocycles. The maximum Gasteiger partial charge on any atom is 0.328 e. The monoisotopic (exact) mass is 314 g/mol. The minimum Gasteiger partial charge on any atom is -0.478 e. The molecule has 0 saturated carbocycles. The third-order valence-corrected chi connectivity index (χ3v) is 3.52. The fourth-order valence-corrected chi connectivity index (χ4v) is 1.92. The van der Waals surface area contributed by atoms with Crippen molar-refractivity contribution in [2.24, 2.45) is 0 Å². The first-order valence-corrected chi connectivity index (χ1v) is 6.16. The first kappa shape index (κ1) is 14.0. The Morgan fingerprint density at radius 3 is 2.65 bits per heavy atom. The van der Waals surface area contributed by atoms with Crippen LogP contribution in [0, 0.1) is 0 Å². The van der Waals surface area contributed by atoms with Gasteiger partial charge in [0, 0.05) is 11.0 Å². The van der Waals surface area contributed by atoms with Crippen molar-refractivity contribution in [2.75, 3.05) is 0 Å². The predicted molar refractivity (Wildman–Crippen MR) is 72.7 cm³/mol. The average Bonchev–Trinajstić information content (AvgIpc) is 2.26. The van der Waals surface area contributed by atoms with Gasteiger partial charge in [-0.25, -0.2) is 4.79 Å². The van der Waals surface area contributed by atoms with Crippen molar-refractivity contribution in [3.8, 4) is 0 Å². The van der Waals surface area contributed by atoms with E-state index < -0.39 is 10.8 Å². The number of Topliss-reactive ketones (excluding diaryl/α,β-unsaturated/α-hetero) is 1. The number of alkyl halides is 1. The standard InChI is InChI=1S/C12H11BrO3S/c1-7(14)12(13)10-6-9(17)4-2-8(10)3-5-11(15)16/h2-6,12,17H,1H3,(H,15,16). The van der Waals surface area contributed by atoms with Gasteiger partial charge in [-0.15, -0.1) is 12.6 Å². The van der Waals surface area contributed by atoms with E-state index >= 15 is 0 Å². The number of benzene rings is 1. The van der Waals surface area contributed by atoms with Crippen molar-refractivity contribution in [2.45, 2.75) is 16.6 Å². The van der Waals surface area contributed by atoms with Gasteiger partial charge in [0.15, 0.2) is 0 Å². The van der Waals surface area contributed by atoms with Gasteiger partial charge in [0.25, 0.3) is 0 Å². The highest BCUT2D eigenvalue weighted by Gasteiger charge is 2.15. The lowest BCUT2D eigenvalue weighted by Gasteiger charge is -2.11. The summed E-state index contributed by atoms with van der Waals surface area (Å²) in [6.07, 6.45) is 2.50. The molecule has 0 radical (unpaired) electrons. The van der Waals surface area contributed by atoms with Crippen LogP contribution >= 0.6 is 28.6 Å². The summed E-state index contributed by atoms with van der Waals surface area (Å²) in [5, 5.41) is 8.59. The number of thiol groups is 1. The smallest absolute Gasteiger partial charge is 0.328 e. The molecular weight excluding hydrogens is 304 g/mol. The molecule has 0 aromatic heterocycles. The number of carbonyl (C=O) groups excluding carboxylic acids is 1. The van der Waals surface area contributed by atoms with Gasteiger partial charge in [0.2, 0.25) is 0 Å². The number of carboxylic acid groups (broad SMARTS) is 1. The predicted octanol–water partition coefficient (Wildman–Crippen LogP) is 3.10. The highest BCUT2D eigenvalue weighted by Crippen LogP contribution is 2.29. The molecule has 1 N–H and O–H groups in total. The number of carboxylic acids is 1. The minimum atomic E-state index is -1.03. The van der Waals surface area contributed by atoms with Gasteiger partial charge in [-0.2, -0.15) is 0 Å². The molecule has 1 unspecified atom stereocenters. The Kier molecular flexibility index (Phi) is 4.96. The quantitative estimate of drug-likeness (QED) is 0.510. The lowest BCUT2D eigenvalue weighted by Crippen LogP contribution is -2.03. The van der Waals surface area contributed by atoms with Gasteiger partial charge >= 0.3 is 5.97 Å². The number of halogens is 1. The maximum absolute atomic E-state index is 11.3. The average molecular weight is 315 g/mol. The Morgan fingerprint density at radius 2 is 2.12 bits per heavy atom. The van der Waals surface area contributed by atoms with Gasteiger partial charge in [-0.3, -0.25) is 4.79 Å². The Morgan fingerprint density at radius 1 is 1.47 bits per heavy atom. The van der Waals surface area contributed by atoms with Gasteiger partial charge in [0.05, 0.1) is 4.83 Å². The zero-order valence-electron chi connectivity index (χ0n) is 9.05. The molecular formula is C12H11BrO3S. The van der Waals surface area contributed by atoms with Gasteiger partial charge in [0.1, 0.15) is 5.78 Å². The largest absolute Gasteiger partial charge is 0.478 e. The molecule has 0 bridgehead atoms. The summed E-state index contributed by atoms with van der Waals surface area (Å²) < 4.78 is 0. The van der Waals surface area contributed by atoms with Gasteiger partial charge in [-0.05, 0) is 36.3 Å². The van der Waals surface area contributed by atoms with E-state index in [1.165, 1.54) is 13.0 Å². The lowest BCUT2D eigenvalue weighted by atomic mass is 10.0. The molecule has 5 heteroatoms. The lowest BCUT2D eigenvalue weighted by molar-refractivity contribution is -0.131. The minimum absolute atomic E-state index is 0.0473. The summed E-state index contributed by atoms with van der Waals surface area (Å²) in [6.45, 7) is 1.47. The third-order valence-electron chi connectivity index (χ3n) is 2.11. The molecule has 1 aromatic carbocycles. The molecule has 0 saturated heterocycles. The number of rotatable bonds is 4. The van der Waals surface area contributed by atoms with E-state index in [0.717, 1.165) is 11.0 Å².